The van der Waals surface area contributed by atoms with Crippen molar-refractivity contribution in [1.82, 2.24) is 10.2 Å². The summed E-state index contributed by atoms with van der Waals surface area (Å²) in [6, 6.07) is 5.75. The number of unbranched alkanes of at least 4 members (excludes halogenated alkanes) is 1. The maximum absolute atomic E-state index is 12.9. The second-order valence-corrected chi connectivity index (χ2v) is 6.48. The summed E-state index contributed by atoms with van der Waals surface area (Å²) in [4.78, 5) is 28.5. The first-order chi connectivity index (χ1) is 11.6. The topological polar surface area (TPSA) is 52.7 Å². The molecule has 3 amide bonds. The predicted molar refractivity (Wildman–Crippen MR) is 95.4 cm³/mol. The molecule has 1 N–H and O–H groups in total. The van der Waals surface area contributed by atoms with Gasteiger partial charge in [0.25, 0.3) is 5.91 Å². The van der Waals surface area contributed by atoms with Gasteiger partial charge in [0, 0.05) is 30.9 Å². The number of nitrogens with zero attached hydrogens (tertiary/aromatic N) is 2. The second kappa shape index (κ2) is 7.07. The third kappa shape index (κ3) is 3.16. The first kappa shape index (κ1) is 16.6. The number of benzene rings is 1. The Balaban J connectivity index is 1.81. The van der Waals surface area contributed by atoms with E-state index in [0.717, 1.165) is 30.5 Å². The molecule has 2 aliphatic rings. The highest BCUT2D eigenvalue weighted by Gasteiger charge is 2.27. The van der Waals surface area contributed by atoms with Crippen LogP contribution >= 0.6 is 0 Å². The van der Waals surface area contributed by atoms with Gasteiger partial charge >= 0.3 is 6.03 Å². The maximum atomic E-state index is 12.9. The van der Waals surface area contributed by atoms with E-state index >= 15 is 0 Å². The molecule has 128 valence electrons. The molecule has 5 nitrogen and oxygen atoms in total. The molecule has 1 fully saturated rings. The van der Waals surface area contributed by atoms with Gasteiger partial charge < -0.3 is 10.2 Å². The second-order valence-electron chi connectivity index (χ2n) is 6.48. The Kier molecular flexibility index (Phi) is 4.88. The highest BCUT2D eigenvalue weighted by molar-refractivity contribution is 5.99. The number of carbonyl (C=O) groups excluding carboxylic acids is 2. The van der Waals surface area contributed by atoms with Crippen LogP contribution in [0.25, 0.3) is 0 Å². The molecule has 0 radical (unpaired) electrons. The lowest BCUT2D eigenvalue weighted by atomic mass is 10.1. The molecule has 24 heavy (non-hydrogen) atoms. The van der Waals surface area contributed by atoms with Gasteiger partial charge in [-0.25, -0.2) is 4.79 Å². The fourth-order valence-corrected chi connectivity index (χ4v) is 3.37. The van der Waals surface area contributed by atoms with Crippen LogP contribution in [-0.2, 0) is 0 Å². The van der Waals surface area contributed by atoms with Crippen LogP contribution < -0.4 is 10.2 Å². The first-order valence-electron chi connectivity index (χ1n) is 8.75. The average Bonchev–Trinajstić information content (AvgIpc) is 3.21. The fraction of sp³-hybridized carbons (Fsp3) is 0.474. The molecular formula is C19H25N3O2. The SMILES string of the molecule is CCCC[C@H]1C=CCN1C(=O)c1ccc(C)c(N2CCNC2=O)c1. The minimum atomic E-state index is -0.0913. The number of amides is 3. The number of anilines is 1. The van der Waals surface area contributed by atoms with Gasteiger partial charge in [0.15, 0.2) is 0 Å². The number of rotatable bonds is 5. The molecule has 1 aromatic rings. The Morgan fingerprint density at radius 1 is 1.38 bits per heavy atom. The number of hydrogen-bond donors (Lipinski definition) is 1. The summed E-state index contributed by atoms with van der Waals surface area (Å²) in [6.45, 7) is 6.09. The van der Waals surface area contributed by atoms with E-state index in [1.54, 1.807) is 4.90 Å². The largest absolute Gasteiger partial charge is 0.336 e. The van der Waals surface area contributed by atoms with Gasteiger partial charge in [-0.05, 0) is 31.0 Å². The lowest BCUT2D eigenvalue weighted by Crippen LogP contribution is -2.36. The monoisotopic (exact) mass is 327 g/mol. The van der Waals surface area contributed by atoms with Crippen LogP contribution in [0.3, 0.4) is 0 Å². The zero-order chi connectivity index (χ0) is 17.1. The van der Waals surface area contributed by atoms with Crippen LogP contribution in [0.2, 0.25) is 0 Å². The molecule has 5 heteroatoms. The van der Waals surface area contributed by atoms with E-state index in [2.05, 4.69) is 24.4 Å². The number of hydrogen-bond acceptors (Lipinski definition) is 2. The number of urea groups is 1. The average molecular weight is 327 g/mol. The van der Waals surface area contributed by atoms with Crippen LogP contribution in [0, 0.1) is 6.92 Å². The molecule has 1 aromatic carbocycles. The Morgan fingerprint density at radius 3 is 2.92 bits per heavy atom. The van der Waals surface area contributed by atoms with Gasteiger partial charge in [-0.2, -0.15) is 0 Å². The van der Waals surface area contributed by atoms with E-state index < -0.39 is 0 Å². The minimum absolute atomic E-state index is 0.0435. The Bertz CT molecular complexity index is 669. The highest BCUT2D eigenvalue weighted by atomic mass is 16.2. The molecule has 2 aliphatic heterocycles. The van der Waals surface area contributed by atoms with E-state index in [-0.39, 0.29) is 18.0 Å². The van der Waals surface area contributed by atoms with Gasteiger partial charge in [0.1, 0.15) is 0 Å². The number of carbonyl (C=O) groups is 2. The third-order valence-corrected chi connectivity index (χ3v) is 4.78. The molecular weight excluding hydrogens is 302 g/mol. The summed E-state index contributed by atoms with van der Waals surface area (Å²) >= 11 is 0. The molecule has 0 aliphatic carbocycles. The van der Waals surface area contributed by atoms with Gasteiger partial charge in [-0.1, -0.05) is 38.0 Å². The molecule has 0 aromatic heterocycles. The summed E-state index contributed by atoms with van der Waals surface area (Å²) in [6.07, 6.45) is 7.46. The predicted octanol–water partition coefficient (Wildman–Crippen LogP) is 3.10. The third-order valence-electron chi connectivity index (χ3n) is 4.78. The van der Waals surface area contributed by atoms with Crippen molar-refractivity contribution in [3.63, 3.8) is 0 Å². The molecule has 1 atom stereocenters. The fourth-order valence-electron chi connectivity index (χ4n) is 3.37. The normalized spacial score (nSPS) is 19.9. The molecule has 0 spiro atoms. The van der Waals surface area contributed by atoms with Crippen LogP contribution in [-0.4, -0.2) is 42.5 Å². The van der Waals surface area contributed by atoms with E-state index in [1.807, 2.05) is 30.0 Å². The van der Waals surface area contributed by atoms with E-state index in [1.165, 1.54) is 0 Å². The van der Waals surface area contributed by atoms with Crippen molar-refractivity contribution in [3.8, 4) is 0 Å². The summed E-state index contributed by atoms with van der Waals surface area (Å²) in [7, 11) is 0. The van der Waals surface area contributed by atoms with Crippen molar-refractivity contribution >= 4 is 17.6 Å². The number of aryl methyl sites for hydroxylation is 1. The van der Waals surface area contributed by atoms with Crippen LogP contribution in [0.4, 0.5) is 10.5 Å². The standard InChI is InChI=1S/C19H25N3O2/c1-3-4-6-16-7-5-11-21(16)18(23)15-9-8-14(2)17(13-15)22-12-10-20-19(22)24/h5,7-9,13,16H,3-4,6,10-12H2,1-2H3,(H,20,24)/t16-/m0/s1. The van der Waals surface area contributed by atoms with Crippen molar-refractivity contribution in [1.29, 1.82) is 0 Å². The van der Waals surface area contributed by atoms with Crippen molar-refractivity contribution in [3.05, 3.63) is 41.5 Å². The van der Waals surface area contributed by atoms with Gasteiger partial charge in [0.05, 0.1) is 6.04 Å². The molecule has 0 saturated carbocycles. The van der Waals surface area contributed by atoms with Crippen LogP contribution in [0.1, 0.15) is 42.1 Å². The van der Waals surface area contributed by atoms with E-state index in [0.29, 0.717) is 25.2 Å². The maximum Gasteiger partial charge on any atom is 0.322 e. The van der Waals surface area contributed by atoms with Gasteiger partial charge in [0.2, 0.25) is 0 Å². The van der Waals surface area contributed by atoms with Crippen molar-refractivity contribution in [2.75, 3.05) is 24.5 Å². The van der Waals surface area contributed by atoms with Crippen LogP contribution in [0.15, 0.2) is 30.4 Å². The van der Waals surface area contributed by atoms with Gasteiger partial charge in [-0.15, -0.1) is 0 Å². The van der Waals surface area contributed by atoms with Crippen molar-refractivity contribution in [2.24, 2.45) is 0 Å². The Hall–Kier alpha value is -2.30. The van der Waals surface area contributed by atoms with E-state index in [4.69, 9.17) is 0 Å². The lowest BCUT2D eigenvalue weighted by Gasteiger charge is -2.25. The zero-order valence-electron chi connectivity index (χ0n) is 14.4. The van der Waals surface area contributed by atoms with E-state index in [9.17, 15) is 9.59 Å². The quantitative estimate of drug-likeness (QED) is 0.845. The van der Waals surface area contributed by atoms with Crippen molar-refractivity contribution < 1.29 is 9.59 Å². The molecule has 0 unspecified atom stereocenters. The summed E-state index contributed by atoms with van der Waals surface area (Å²) < 4.78 is 0. The summed E-state index contributed by atoms with van der Waals surface area (Å²) in [5, 5.41) is 2.81. The Morgan fingerprint density at radius 2 is 2.21 bits per heavy atom. The smallest absolute Gasteiger partial charge is 0.322 e. The zero-order valence-corrected chi connectivity index (χ0v) is 14.4. The minimum Gasteiger partial charge on any atom is -0.336 e. The Labute approximate surface area is 143 Å². The summed E-state index contributed by atoms with van der Waals surface area (Å²) in [5.74, 6) is 0.0435. The first-order valence-corrected chi connectivity index (χ1v) is 8.75. The molecule has 0 bridgehead atoms. The van der Waals surface area contributed by atoms with Crippen LogP contribution in [0.5, 0.6) is 0 Å². The van der Waals surface area contributed by atoms with Gasteiger partial charge in [-0.3, -0.25) is 9.69 Å². The highest BCUT2D eigenvalue weighted by Crippen LogP contribution is 2.26. The van der Waals surface area contributed by atoms with Crippen molar-refractivity contribution in [2.45, 2.75) is 39.2 Å². The number of nitrogens with one attached hydrogen (secondary N) is 1. The molecule has 2 heterocycles. The molecule has 3 rings (SSSR count). The summed E-state index contributed by atoms with van der Waals surface area (Å²) in [5.41, 5.74) is 2.49. The molecule has 1 saturated heterocycles. The lowest BCUT2D eigenvalue weighted by molar-refractivity contribution is 0.0743.